The molecule has 0 fully saturated rings. The van der Waals surface area contributed by atoms with Crippen molar-refractivity contribution in [2.24, 2.45) is 0 Å². The van der Waals surface area contributed by atoms with Gasteiger partial charge in [-0.2, -0.15) is 5.10 Å². The summed E-state index contributed by atoms with van der Waals surface area (Å²) in [5, 5.41) is 4.89. The molecule has 0 radical (unpaired) electrons. The molecule has 1 aliphatic heterocycles. The van der Waals surface area contributed by atoms with Gasteiger partial charge in [0.2, 0.25) is 0 Å². The molecule has 0 spiro atoms. The molecule has 0 bridgehead atoms. The number of aromatic nitrogens is 3. The summed E-state index contributed by atoms with van der Waals surface area (Å²) in [7, 11) is 0. The minimum atomic E-state index is 0.00129. The average molecular weight is 412 g/mol. The van der Waals surface area contributed by atoms with Crippen molar-refractivity contribution in [3.8, 4) is 17.3 Å². The van der Waals surface area contributed by atoms with E-state index in [0.29, 0.717) is 25.3 Å². The number of carbonyl (C=O) groups is 1. The number of rotatable bonds is 5. The number of benzene rings is 2. The van der Waals surface area contributed by atoms with Crippen LogP contribution in [0.1, 0.15) is 34.1 Å². The fraction of sp³-hybridized carbons (Fsp3) is 0.200. The third kappa shape index (κ3) is 3.50. The van der Waals surface area contributed by atoms with E-state index in [1.165, 1.54) is 5.56 Å². The highest BCUT2D eigenvalue weighted by molar-refractivity contribution is 5.94. The molecule has 0 unspecified atom stereocenters. The minimum Gasteiger partial charge on any atom is -0.494 e. The Hall–Kier alpha value is -3.80. The van der Waals surface area contributed by atoms with Crippen molar-refractivity contribution >= 4 is 5.91 Å². The second kappa shape index (κ2) is 7.80. The van der Waals surface area contributed by atoms with E-state index >= 15 is 0 Å². The van der Waals surface area contributed by atoms with Crippen molar-refractivity contribution in [2.45, 2.75) is 26.9 Å². The van der Waals surface area contributed by atoms with Gasteiger partial charge in [-0.1, -0.05) is 17.7 Å². The predicted octanol–water partition coefficient (Wildman–Crippen LogP) is 4.53. The molecule has 1 aliphatic rings. The third-order valence-corrected chi connectivity index (χ3v) is 5.56. The van der Waals surface area contributed by atoms with Crippen LogP contribution in [0.15, 0.2) is 73.1 Å². The Labute approximate surface area is 181 Å². The Balaban J connectivity index is 1.47. The topological polar surface area (TPSA) is 52.3 Å². The van der Waals surface area contributed by atoms with Gasteiger partial charge in [0.1, 0.15) is 11.6 Å². The Morgan fingerprint density at radius 3 is 2.39 bits per heavy atom. The van der Waals surface area contributed by atoms with E-state index in [9.17, 15) is 4.79 Å². The number of aryl methyl sites for hydroxylation is 1. The zero-order chi connectivity index (χ0) is 21.4. The largest absolute Gasteiger partial charge is 0.494 e. The Morgan fingerprint density at radius 1 is 1.00 bits per heavy atom. The van der Waals surface area contributed by atoms with E-state index in [4.69, 9.17) is 9.84 Å². The number of ether oxygens (including phenoxy) is 1. The third-order valence-electron chi connectivity index (χ3n) is 5.56. The second-order valence-electron chi connectivity index (χ2n) is 7.71. The van der Waals surface area contributed by atoms with Gasteiger partial charge in [0.15, 0.2) is 0 Å². The highest BCUT2D eigenvalue weighted by atomic mass is 16.5. The normalized spacial score (nSPS) is 12.8. The van der Waals surface area contributed by atoms with Gasteiger partial charge in [0.25, 0.3) is 5.91 Å². The monoisotopic (exact) mass is 412 g/mol. The van der Waals surface area contributed by atoms with E-state index in [2.05, 4.69) is 35.8 Å². The van der Waals surface area contributed by atoms with Gasteiger partial charge in [-0.15, -0.1) is 0 Å². The summed E-state index contributed by atoms with van der Waals surface area (Å²) in [6.07, 6.45) is 4.03. The van der Waals surface area contributed by atoms with Crippen LogP contribution in [-0.4, -0.2) is 31.8 Å². The number of hydrogen-bond acceptors (Lipinski definition) is 3. The number of fused-ring (bicyclic) bond motifs is 1. The number of nitrogens with zero attached hydrogens (tertiary/aromatic N) is 4. The first-order valence-electron chi connectivity index (χ1n) is 10.5. The molecule has 5 rings (SSSR count). The molecule has 3 heterocycles. The molecule has 156 valence electrons. The van der Waals surface area contributed by atoms with Crippen LogP contribution in [0.4, 0.5) is 0 Å². The molecule has 6 nitrogen and oxygen atoms in total. The van der Waals surface area contributed by atoms with Crippen LogP contribution >= 0.6 is 0 Å². The molecule has 4 aromatic rings. The van der Waals surface area contributed by atoms with Crippen molar-refractivity contribution in [2.75, 3.05) is 6.61 Å². The maximum atomic E-state index is 13.1. The van der Waals surface area contributed by atoms with Crippen LogP contribution in [0.25, 0.3) is 11.5 Å². The lowest BCUT2D eigenvalue weighted by atomic mass is 10.2. The van der Waals surface area contributed by atoms with Crippen LogP contribution in [-0.2, 0) is 13.1 Å². The van der Waals surface area contributed by atoms with Crippen LogP contribution in [0, 0.1) is 6.92 Å². The second-order valence-corrected chi connectivity index (χ2v) is 7.71. The van der Waals surface area contributed by atoms with Crippen LogP contribution in [0.3, 0.4) is 0 Å². The molecular formula is C25H24N4O2. The molecule has 1 amide bonds. The minimum absolute atomic E-state index is 0.00129. The number of amides is 1. The summed E-state index contributed by atoms with van der Waals surface area (Å²) >= 11 is 0. The van der Waals surface area contributed by atoms with Crippen molar-refractivity contribution in [1.82, 2.24) is 19.2 Å². The fourth-order valence-electron chi connectivity index (χ4n) is 4.00. The van der Waals surface area contributed by atoms with Crippen LogP contribution < -0.4 is 4.74 Å². The summed E-state index contributed by atoms with van der Waals surface area (Å²) in [4.78, 5) is 15.0. The first-order valence-corrected chi connectivity index (χ1v) is 10.5. The van der Waals surface area contributed by atoms with Crippen molar-refractivity contribution in [3.05, 3.63) is 95.4 Å². The van der Waals surface area contributed by atoms with Crippen LogP contribution in [0.5, 0.6) is 5.75 Å². The Morgan fingerprint density at radius 2 is 1.71 bits per heavy atom. The zero-order valence-electron chi connectivity index (χ0n) is 17.7. The summed E-state index contributed by atoms with van der Waals surface area (Å²) < 4.78 is 9.52. The summed E-state index contributed by atoms with van der Waals surface area (Å²) in [6, 6.07) is 19.6. The summed E-state index contributed by atoms with van der Waals surface area (Å²) in [5.41, 5.74) is 4.88. The van der Waals surface area contributed by atoms with Gasteiger partial charge in [0, 0.05) is 23.5 Å². The number of hydrogen-bond donors (Lipinski definition) is 0. The Kier molecular flexibility index (Phi) is 4.82. The van der Waals surface area contributed by atoms with E-state index in [1.807, 2.05) is 65.3 Å². The molecule has 2 aromatic heterocycles. The van der Waals surface area contributed by atoms with Gasteiger partial charge in [-0.05, 0) is 62.4 Å². The fourth-order valence-corrected chi connectivity index (χ4v) is 4.00. The van der Waals surface area contributed by atoms with Gasteiger partial charge in [0.05, 0.1) is 31.1 Å². The first kappa shape index (κ1) is 19.2. The zero-order valence-corrected chi connectivity index (χ0v) is 17.7. The van der Waals surface area contributed by atoms with E-state index in [0.717, 1.165) is 28.5 Å². The maximum absolute atomic E-state index is 13.1. The molecule has 0 saturated heterocycles. The molecule has 2 aromatic carbocycles. The molecule has 0 atom stereocenters. The van der Waals surface area contributed by atoms with Crippen molar-refractivity contribution in [3.63, 3.8) is 0 Å². The highest BCUT2D eigenvalue weighted by Crippen LogP contribution is 2.31. The Bertz CT molecular complexity index is 1210. The van der Waals surface area contributed by atoms with Gasteiger partial charge in [-0.25, -0.2) is 4.68 Å². The lowest BCUT2D eigenvalue weighted by Gasteiger charge is -2.18. The van der Waals surface area contributed by atoms with Crippen LogP contribution in [0.2, 0.25) is 0 Å². The lowest BCUT2D eigenvalue weighted by Crippen LogP contribution is -2.26. The lowest BCUT2D eigenvalue weighted by molar-refractivity contribution is 0.0749. The standard InChI is InChI=1S/C25H24N4O2/c1-3-31-21-12-8-19(9-13-21)25(30)28-16-22-23(17-28)26-29(20-10-6-18(2)7-11-20)24(22)27-14-4-5-15-27/h4-15H,3,16-17H2,1-2H3. The highest BCUT2D eigenvalue weighted by Gasteiger charge is 2.31. The van der Waals surface area contributed by atoms with E-state index in [-0.39, 0.29) is 5.91 Å². The quantitative estimate of drug-likeness (QED) is 0.484. The predicted molar refractivity (Wildman–Crippen MR) is 119 cm³/mol. The first-order chi connectivity index (χ1) is 15.1. The van der Waals surface area contributed by atoms with Crippen molar-refractivity contribution < 1.29 is 9.53 Å². The van der Waals surface area contributed by atoms with E-state index < -0.39 is 0 Å². The van der Waals surface area contributed by atoms with Gasteiger partial charge < -0.3 is 14.2 Å². The molecule has 0 aliphatic carbocycles. The molecule has 31 heavy (non-hydrogen) atoms. The number of carbonyl (C=O) groups excluding carboxylic acids is 1. The SMILES string of the molecule is CCOc1ccc(C(=O)N2Cc3nn(-c4ccc(C)cc4)c(-n4cccc4)c3C2)cc1. The van der Waals surface area contributed by atoms with Gasteiger partial charge >= 0.3 is 0 Å². The summed E-state index contributed by atoms with van der Waals surface area (Å²) in [6.45, 7) is 5.64. The van der Waals surface area contributed by atoms with Gasteiger partial charge in [-0.3, -0.25) is 4.79 Å². The summed E-state index contributed by atoms with van der Waals surface area (Å²) in [5.74, 6) is 1.75. The molecule has 6 heteroatoms. The average Bonchev–Trinajstić information content (AvgIpc) is 3.51. The molecular weight excluding hydrogens is 388 g/mol. The smallest absolute Gasteiger partial charge is 0.254 e. The molecule has 0 N–H and O–H groups in total. The molecule has 0 saturated carbocycles. The maximum Gasteiger partial charge on any atom is 0.254 e. The van der Waals surface area contributed by atoms with E-state index in [1.54, 1.807) is 0 Å². The van der Waals surface area contributed by atoms with Crippen molar-refractivity contribution in [1.29, 1.82) is 0 Å².